The summed E-state index contributed by atoms with van der Waals surface area (Å²) in [5, 5.41) is 0.970. The lowest BCUT2D eigenvalue weighted by Gasteiger charge is -2.37. The number of carbonyl (C=O) groups is 3. The van der Waals surface area contributed by atoms with E-state index in [4.69, 9.17) is 0 Å². The molecule has 1 N–H and O–H groups in total. The molecule has 1 aromatic rings. The fourth-order valence-electron chi connectivity index (χ4n) is 4.83. The van der Waals surface area contributed by atoms with Gasteiger partial charge < -0.3 is 0 Å². The summed E-state index contributed by atoms with van der Waals surface area (Å²) in [5.41, 5.74) is 2.94. The maximum Gasteiger partial charge on any atom is 0.270 e. The zero-order valence-electron chi connectivity index (χ0n) is 12.7. The molecule has 0 aromatic heterocycles. The number of allylic oxidation sites excluding steroid dienone is 2. The summed E-state index contributed by atoms with van der Waals surface area (Å²) in [5.74, 6) is -0.0797. The third-order valence-corrected chi connectivity index (χ3v) is 6.51. The number of nitrogens with zero attached hydrogens (tertiary/aromatic N) is 1. The fourth-order valence-corrected chi connectivity index (χ4v) is 5.10. The minimum absolute atomic E-state index is 0.163. The van der Waals surface area contributed by atoms with Crippen molar-refractivity contribution >= 4 is 33.7 Å². The van der Waals surface area contributed by atoms with Crippen LogP contribution in [0.5, 0.6) is 0 Å². The number of hydrogen-bond acceptors (Lipinski definition) is 3. The normalized spacial score (nSPS) is 38.1. The van der Waals surface area contributed by atoms with E-state index in [0.717, 1.165) is 15.9 Å². The molecule has 2 bridgehead atoms. The zero-order valence-corrected chi connectivity index (χ0v) is 14.3. The first kappa shape index (κ1) is 14.4. The Bertz CT molecular complexity index is 767. The van der Waals surface area contributed by atoms with Gasteiger partial charge in [-0.25, -0.2) is 0 Å². The van der Waals surface area contributed by atoms with E-state index < -0.39 is 5.91 Å². The van der Waals surface area contributed by atoms with E-state index in [1.807, 2.05) is 0 Å². The molecule has 0 radical (unpaired) electrons. The Morgan fingerprint density at radius 3 is 2.08 bits per heavy atom. The third-order valence-electron chi connectivity index (χ3n) is 5.98. The highest BCUT2D eigenvalue weighted by atomic mass is 79.9. The highest BCUT2D eigenvalue weighted by Gasteiger charge is 2.67. The van der Waals surface area contributed by atoms with Gasteiger partial charge in [0.25, 0.3) is 17.7 Å². The molecule has 1 saturated heterocycles. The van der Waals surface area contributed by atoms with E-state index >= 15 is 0 Å². The smallest absolute Gasteiger partial charge is 0.270 e. The topological polar surface area (TPSA) is 66.5 Å². The highest BCUT2D eigenvalue weighted by molar-refractivity contribution is 9.10. The minimum atomic E-state index is -0.437. The number of benzene rings is 1. The summed E-state index contributed by atoms with van der Waals surface area (Å²) >= 11 is 3.32. The van der Waals surface area contributed by atoms with Crippen molar-refractivity contribution in [1.82, 2.24) is 10.4 Å². The van der Waals surface area contributed by atoms with E-state index in [1.165, 1.54) is 0 Å². The Kier molecular flexibility index (Phi) is 2.87. The first-order chi connectivity index (χ1) is 11.6. The summed E-state index contributed by atoms with van der Waals surface area (Å²) in [6.07, 6.45) is 5.36. The van der Waals surface area contributed by atoms with Crippen molar-refractivity contribution in [1.29, 1.82) is 0 Å². The molecule has 6 rings (SSSR count). The molecule has 24 heavy (non-hydrogen) atoms. The van der Waals surface area contributed by atoms with Crippen LogP contribution in [0.4, 0.5) is 0 Å². The lowest BCUT2D eigenvalue weighted by atomic mass is 9.63. The Labute approximate surface area is 147 Å². The fraction of sp³-hybridized carbons (Fsp3) is 0.389. The van der Waals surface area contributed by atoms with Crippen molar-refractivity contribution in [3.63, 3.8) is 0 Å². The van der Waals surface area contributed by atoms with Gasteiger partial charge in [-0.3, -0.25) is 19.8 Å². The Balaban J connectivity index is 1.40. The van der Waals surface area contributed by atoms with Gasteiger partial charge in [-0.1, -0.05) is 28.1 Å². The average molecular weight is 387 g/mol. The second kappa shape index (κ2) is 4.79. The maximum atomic E-state index is 12.8. The predicted molar refractivity (Wildman–Crippen MR) is 88.2 cm³/mol. The summed E-state index contributed by atoms with van der Waals surface area (Å²) in [6, 6.07) is 6.80. The van der Waals surface area contributed by atoms with Crippen LogP contribution >= 0.6 is 15.9 Å². The average Bonchev–Trinajstić information content (AvgIpc) is 3.36. The highest BCUT2D eigenvalue weighted by Crippen LogP contribution is 2.65. The number of halogens is 1. The molecule has 2 saturated carbocycles. The zero-order chi connectivity index (χ0) is 16.6. The third kappa shape index (κ3) is 1.83. The van der Waals surface area contributed by atoms with Crippen molar-refractivity contribution in [2.45, 2.75) is 6.42 Å². The SMILES string of the molecule is O=C(NN1C(=O)[C@@H]2[C@H]3C=C[C@@H]([C@@H]4C[C@H]34)[C@H]2C1=O)c1ccc(Br)cc1. The summed E-state index contributed by atoms with van der Waals surface area (Å²) in [4.78, 5) is 37.9. The van der Waals surface area contributed by atoms with Crippen LogP contribution in [0.3, 0.4) is 0 Å². The van der Waals surface area contributed by atoms with Gasteiger partial charge in [-0.05, 0) is 54.4 Å². The van der Waals surface area contributed by atoms with Gasteiger partial charge >= 0.3 is 0 Å². The molecular weight excluding hydrogens is 372 g/mol. The van der Waals surface area contributed by atoms with Crippen LogP contribution in [0.2, 0.25) is 0 Å². The Morgan fingerprint density at radius 2 is 1.54 bits per heavy atom. The summed E-state index contributed by atoms with van der Waals surface area (Å²) in [6.45, 7) is 0. The molecule has 6 heteroatoms. The summed E-state index contributed by atoms with van der Waals surface area (Å²) in [7, 11) is 0. The van der Waals surface area contributed by atoms with Gasteiger partial charge in [0.05, 0.1) is 11.8 Å². The monoisotopic (exact) mass is 386 g/mol. The van der Waals surface area contributed by atoms with Crippen LogP contribution in [-0.4, -0.2) is 22.7 Å². The molecule has 3 amide bonds. The van der Waals surface area contributed by atoms with Gasteiger partial charge in [-0.2, -0.15) is 5.01 Å². The first-order valence-corrected chi connectivity index (χ1v) is 8.98. The van der Waals surface area contributed by atoms with E-state index in [2.05, 4.69) is 33.5 Å². The van der Waals surface area contributed by atoms with Crippen molar-refractivity contribution in [2.24, 2.45) is 35.5 Å². The molecule has 6 atom stereocenters. The number of imide groups is 1. The number of carbonyl (C=O) groups excluding carboxylic acids is 3. The first-order valence-electron chi connectivity index (χ1n) is 8.19. The lowest BCUT2D eigenvalue weighted by molar-refractivity contribution is -0.143. The molecule has 5 aliphatic rings. The van der Waals surface area contributed by atoms with Gasteiger partial charge in [-0.15, -0.1) is 0 Å². The van der Waals surface area contributed by atoms with Crippen molar-refractivity contribution in [3.05, 3.63) is 46.5 Å². The predicted octanol–water partition coefficient (Wildman–Crippen LogP) is 2.15. The van der Waals surface area contributed by atoms with Gasteiger partial charge in [0, 0.05) is 10.0 Å². The molecule has 5 nitrogen and oxygen atoms in total. The number of nitrogens with one attached hydrogen (secondary N) is 1. The molecule has 0 spiro atoms. The van der Waals surface area contributed by atoms with Crippen LogP contribution < -0.4 is 5.43 Å². The molecule has 122 valence electrons. The van der Waals surface area contributed by atoms with E-state index in [1.54, 1.807) is 24.3 Å². The number of rotatable bonds is 2. The Morgan fingerprint density at radius 1 is 1.00 bits per heavy atom. The van der Waals surface area contributed by atoms with Gasteiger partial charge in [0.15, 0.2) is 0 Å². The molecule has 4 aliphatic carbocycles. The largest absolute Gasteiger partial charge is 0.272 e. The molecule has 3 fully saturated rings. The van der Waals surface area contributed by atoms with Crippen molar-refractivity contribution in [2.75, 3.05) is 0 Å². The van der Waals surface area contributed by atoms with Crippen molar-refractivity contribution in [3.8, 4) is 0 Å². The van der Waals surface area contributed by atoms with E-state index in [9.17, 15) is 14.4 Å². The molecule has 0 unspecified atom stereocenters. The van der Waals surface area contributed by atoms with Crippen LogP contribution in [-0.2, 0) is 9.59 Å². The van der Waals surface area contributed by atoms with Crippen LogP contribution in [0, 0.1) is 35.5 Å². The molecule has 1 aliphatic heterocycles. The minimum Gasteiger partial charge on any atom is -0.272 e. The van der Waals surface area contributed by atoms with Crippen molar-refractivity contribution < 1.29 is 14.4 Å². The standard InChI is InChI=1S/C18H15BrN2O3/c19-9-3-1-8(2-4-9)16(22)20-21-17(23)14-10-5-6-11(13-7-12(10)13)15(14)18(21)24/h1-6,10-15H,7H2,(H,20,22)/t10-,11-,12-,13+,14+,15+/m0/s1. The van der Waals surface area contributed by atoms with Gasteiger partial charge in [0.2, 0.25) is 0 Å². The van der Waals surface area contributed by atoms with Crippen LogP contribution in [0.15, 0.2) is 40.9 Å². The number of hydrazine groups is 1. The lowest BCUT2D eigenvalue weighted by Crippen LogP contribution is -2.46. The molecular formula is C18H15BrN2O3. The van der Waals surface area contributed by atoms with Crippen LogP contribution in [0.1, 0.15) is 16.8 Å². The second-order valence-electron chi connectivity index (χ2n) is 7.11. The maximum absolute atomic E-state index is 12.8. The van der Waals surface area contributed by atoms with Crippen LogP contribution in [0.25, 0.3) is 0 Å². The number of hydrogen-bond donors (Lipinski definition) is 1. The van der Waals surface area contributed by atoms with Gasteiger partial charge in [0.1, 0.15) is 0 Å². The molecule has 1 heterocycles. The number of amides is 3. The quantitative estimate of drug-likeness (QED) is 0.625. The second-order valence-corrected chi connectivity index (χ2v) is 8.03. The Hall–Kier alpha value is -1.95. The van der Waals surface area contributed by atoms with E-state index in [0.29, 0.717) is 17.4 Å². The molecule has 1 aromatic carbocycles. The van der Waals surface area contributed by atoms with E-state index in [-0.39, 0.29) is 35.5 Å². The summed E-state index contributed by atoms with van der Waals surface area (Å²) < 4.78 is 0.861.